The van der Waals surface area contributed by atoms with Crippen LogP contribution in [0.15, 0.2) is 51.0 Å². The van der Waals surface area contributed by atoms with E-state index in [9.17, 15) is 14.0 Å². The Kier molecular flexibility index (Phi) is 6.51. The lowest BCUT2D eigenvalue weighted by Crippen LogP contribution is -2.31. The Bertz CT molecular complexity index is 939. The molecule has 0 atom stereocenters. The largest absolute Gasteiger partial charge is 0.486 e. The summed E-state index contributed by atoms with van der Waals surface area (Å²) in [7, 11) is 0. The van der Waals surface area contributed by atoms with Gasteiger partial charge in [0.25, 0.3) is 5.91 Å². The van der Waals surface area contributed by atoms with E-state index < -0.39 is 6.03 Å². The maximum absolute atomic E-state index is 13.8. The molecule has 0 saturated carbocycles. The Hall–Kier alpha value is -2.19. The van der Waals surface area contributed by atoms with Crippen LogP contribution in [0, 0.1) is 5.82 Å². The van der Waals surface area contributed by atoms with Gasteiger partial charge in [-0.25, -0.2) is 9.18 Å². The van der Waals surface area contributed by atoms with Crippen LogP contribution in [0.25, 0.3) is 6.08 Å². The molecular formula is C20H17Br2FN2O3. The first-order chi connectivity index (χ1) is 13.4. The van der Waals surface area contributed by atoms with E-state index in [1.807, 2.05) is 6.92 Å². The third-order valence-electron chi connectivity index (χ3n) is 4.07. The quantitative estimate of drug-likeness (QED) is 0.426. The Morgan fingerprint density at radius 2 is 1.86 bits per heavy atom. The lowest BCUT2D eigenvalue weighted by atomic mass is 10.1. The monoisotopic (exact) mass is 510 g/mol. The number of ether oxygens (including phenoxy) is 1. The minimum atomic E-state index is -0.416. The maximum atomic E-state index is 13.8. The van der Waals surface area contributed by atoms with Crippen LogP contribution in [0.1, 0.15) is 24.5 Å². The highest BCUT2D eigenvalue weighted by Crippen LogP contribution is 2.36. The maximum Gasteiger partial charge on any atom is 0.329 e. The van der Waals surface area contributed by atoms with Crippen LogP contribution in [0.4, 0.5) is 9.18 Å². The summed E-state index contributed by atoms with van der Waals surface area (Å²) in [6.07, 6.45) is 2.30. The van der Waals surface area contributed by atoms with Gasteiger partial charge >= 0.3 is 6.03 Å². The van der Waals surface area contributed by atoms with Gasteiger partial charge in [-0.3, -0.25) is 9.69 Å². The zero-order valence-electron chi connectivity index (χ0n) is 15.0. The molecule has 146 valence electrons. The van der Waals surface area contributed by atoms with Crippen molar-refractivity contribution in [3.05, 3.63) is 68.0 Å². The van der Waals surface area contributed by atoms with E-state index in [4.69, 9.17) is 4.74 Å². The van der Waals surface area contributed by atoms with Crippen LogP contribution in [-0.4, -0.2) is 23.4 Å². The first-order valence-electron chi connectivity index (χ1n) is 8.60. The average Bonchev–Trinajstić information content (AvgIpc) is 2.90. The van der Waals surface area contributed by atoms with Gasteiger partial charge < -0.3 is 10.1 Å². The molecule has 3 amide bonds. The fraction of sp³-hybridized carbons (Fsp3) is 0.200. The van der Waals surface area contributed by atoms with E-state index in [1.54, 1.807) is 36.4 Å². The number of imide groups is 1. The Labute approximate surface area is 178 Å². The highest BCUT2D eigenvalue weighted by molar-refractivity contribution is 9.11. The molecule has 2 aromatic carbocycles. The van der Waals surface area contributed by atoms with E-state index in [1.165, 1.54) is 11.0 Å². The number of amides is 3. The van der Waals surface area contributed by atoms with E-state index in [0.29, 0.717) is 38.8 Å². The number of halogens is 3. The van der Waals surface area contributed by atoms with Crippen molar-refractivity contribution in [1.82, 2.24) is 10.2 Å². The second-order valence-electron chi connectivity index (χ2n) is 6.14. The van der Waals surface area contributed by atoms with Crippen molar-refractivity contribution < 1.29 is 18.7 Å². The van der Waals surface area contributed by atoms with E-state index in [2.05, 4.69) is 37.2 Å². The SMILES string of the molecule is CCCN1C(=O)N/C(=C/c2cc(Br)c(OCc3ccccc3F)c(Br)c2)C1=O. The molecule has 28 heavy (non-hydrogen) atoms. The van der Waals surface area contributed by atoms with Crippen LogP contribution >= 0.6 is 31.9 Å². The number of carbonyl (C=O) groups excluding carboxylic acids is 2. The fourth-order valence-corrected chi connectivity index (χ4v) is 4.18. The smallest absolute Gasteiger partial charge is 0.329 e. The molecule has 1 fully saturated rings. The van der Waals surface area contributed by atoms with Crippen molar-refractivity contribution >= 4 is 49.9 Å². The highest BCUT2D eigenvalue weighted by atomic mass is 79.9. The summed E-state index contributed by atoms with van der Waals surface area (Å²) < 4.78 is 20.8. The number of hydrogen-bond donors (Lipinski definition) is 1. The number of benzene rings is 2. The van der Waals surface area contributed by atoms with Crippen molar-refractivity contribution in [2.75, 3.05) is 6.54 Å². The molecule has 0 aromatic heterocycles. The first kappa shape index (κ1) is 20.5. The van der Waals surface area contributed by atoms with Crippen molar-refractivity contribution in [1.29, 1.82) is 0 Å². The lowest BCUT2D eigenvalue weighted by molar-refractivity contribution is -0.122. The molecule has 0 spiro atoms. The molecule has 2 aromatic rings. The summed E-state index contributed by atoms with van der Waals surface area (Å²) in [6, 6.07) is 9.51. The first-order valence-corrected chi connectivity index (χ1v) is 10.2. The summed E-state index contributed by atoms with van der Waals surface area (Å²) in [5, 5.41) is 2.59. The minimum Gasteiger partial charge on any atom is -0.486 e. The minimum absolute atomic E-state index is 0.0742. The number of hydrogen-bond acceptors (Lipinski definition) is 3. The van der Waals surface area contributed by atoms with Gasteiger partial charge in [0.05, 0.1) is 8.95 Å². The van der Waals surface area contributed by atoms with Gasteiger partial charge in [-0.05, 0) is 68.1 Å². The van der Waals surface area contributed by atoms with Crippen molar-refractivity contribution in [2.24, 2.45) is 0 Å². The topological polar surface area (TPSA) is 58.6 Å². The molecule has 0 radical (unpaired) electrons. The van der Waals surface area contributed by atoms with E-state index in [0.717, 1.165) is 0 Å². The molecule has 5 nitrogen and oxygen atoms in total. The standard InChI is InChI=1S/C20H17Br2FN2O3/c1-2-7-25-19(26)17(24-20(25)27)10-12-8-14(21)18(15(22)9-12)28-11-13-5-3-4-6-16(13)23/h3-6,8-10H,2,7,11H2,1H3,(H,24,27)/b17-10+. The molecule has 1 N–H and O–H groups in total. The van der Waals surface area contributed by atoms with Gasteiger partial charge in [0.2, 0.25) is 0 Å². The van der Waals surface area contributed by atoms with Gasteiger partial charge in [0.1, 0.15) is 23.9 Å². The molecule has 1 aliphatic heterocycles. The molecule has 8 heteroatoms. The Morgan fingerprint density at radius 3 is 2.50 bits per heavy atom. The van der Waals surface area contributed by atoms with Crippen molar-refractivity contribution in [3.63, 3.8) is 0 Å². The van der Waals surface area contributed by atoms with E-state index >= 15 is 0 Å². The normalized spacial score (nSPS) is 15.3. The third-order valence-corrected chi connectivity index (χ3v) is 5.25. The molecule has 1 saturated heterocycles. The number of urea groups is 1. The van der Waals surface area contributed by atoms with Crippen LogP contribution < -0.4 is 10.1 Å². The summed E-state index contributed by atoms with van der Waals surface area (Å²) >= 11 is 6.88. The van der Waals surface area contributed by atoms with Crippen LogP contribution in [0.3, 0.4) is 0 Å². The lowest BCUT2D eigenvalue weighted by Gasteiger charge is -2.12. The zero-order valence-corrected chi connectivity index (χ0v) is 18.1. The Morgan fingerprint density at radius 1 is 1.18 bits per heavy atom. The molecular weight excluding hydrogens is 495 g/mol. The second-order valence-corrected chi connectivity index (χ2v) is 7.85. The molecule has 0 unspecified atom stereocenters. The number of rotatable bonds is 6. The molecule has 0 aliphatic carbocycles. The highest BCUT2D eigenvalue weighted by Gasteiger charge is 2.32. The van der Waals surface area contributed by atoms with Crippen molar-refractivity contribution in [2.45, 2.75) is 20.0 Å². The number of nitrogens with one attached hydrogen (secondary N) is 1. The summed E-state index contributed by atoms with van der Waals surface area (Å²) in [6.45, 7) is 2.35. The Balaban J connectivity index is 1.79. The van der Waals surface area contributed by atoms with Crippen LogP contribution in [0.5, 0.6) is 5.75 Å². The third kappa shape index (κ3) is 4.44. The van der Waals surface area contributed by atoms with Crippen molar-refractivity contribution in [3.8, 4) is 5.75 Å². The predicted molar refractivity (Wildman–Crippen MR) is 111 cm³/mol. The molecule has 0 bridgehead atoms. The molecule has 1 aliphatic rings. The molecule has 1 heterocycles. The van der Waals surface area contributed by atoms with Crippen LogP contribution in [0.2, 0.25) is 0 Å². The summed E-state index contributed by atoms with van der Waals surface area (Å²) in [5.41, 5.74) is 1.36. The van der Waals surface area contributed by atoms with Gasteiger partial charge in [-0.15, -0.1) is 0 Å². The number of nitrogens with zero attached hydrogens (tertiary/aromatic N) is 1. The average molecular weight is 512 g/mol. The van der Waals surface area contributed by atoms with E-state index in [-0.39, 0.29) is 24.0 Å². The summed E-state index contributed by atoms with van der Waals surface area (Å²) in [5.74, 6) is -0.165. The second kappa shape index (κ2) is 8.87. The van der Waals surface area contributed by atoms with Gasteiger partial charge in [-0.2, -0.15) is 0 Å². The van der Waals surface area contributed by atoms with Gasteiger partial charge in [-0.1, -0.05) is 25.1 Å². The van der Waals surface area contributed by atoms with Gasteiger partial charge in [0, 0.05) is 12.1 Å². The fourth-order valence-electron chi connectivity index (χ4n) is 2.73. The number of carbonyl (C=O) groups is 2. The van der Waals surface area contributed by atoms with Crippen LogP contribution in [-0.2, 0) is 11.4 Å². The molecule has 3 rings (SSSR count). The predicted octanol–water partition coefficient (Wildman–Crippen LogP) is 5.23. The van der Waals surface area contributed by atoms with Gasteiger partial charge in [0.15, 0.2) is 0 Å². The summed E-state index contributed by atoms with van der Waals surface area (Å²) in [4.78, 5) is 25.4. The zero-order chi connectivity index (χ0) is 20.3.